The summed E-state index contributed by atoms with van der Waals surface area (Å²) in [6.45, 7) is 1.86. The lowest BCUT2D eigenvalue weighted by Gasteiger charge is -2.22. The molecule has 2 N–H and O–H groups in total. The SMILES string of the molecule is CC(NC(C(=O)O)c1ccccc1)c1cccc(Cl)c1Cl. The molecule has 0 heterocycles. The molecule has 2 aromatic rings. The molecule has 2 aromatic carbocycles. The number of hydrogen-bond donors (Lipinski definition) is 2. The maximum absolute atomic E-state index is 11.5. The molecule has 0 saturated carbocycles. The first-order chi connectivity index (χ1) is 10.0. The average molecular weight is 324 g/mol. The molecule has 0 aliphatic heterocycles. The van der Waals surface area contributed by atoms with Crippen LogP contribution in [0.3, 0.4) is 0 Å². The molecule has 0 fully saturated rings. The highest BCUT2D eigenvalue weighted by Gasteiger charge is 2.23. The normalized spacial score (nSPS) is 13.7. The number of carbonyl (C=O) groups is 1. The number of benzene rings is 2. The highest BCUT2D eigenvalue weighted by molar-refractivity contribution is 6.42. The second-order valence-electron chi connectivity index (χ2n) is 4.71. The minimum Gasteiger partial charge on any atom is -0.480 e. The van der Waals surface area contributed by atoms with E-state index in [2.05, 4.69) is 5.32 Å². The molecule has 0 bridgehead atoms. The number of halogens is 2. The highest BCUT2D eigenvalue weighted by atomic mass is 35.5. The summed E-state index contributed by atoms with van der Waals surface area (Å²) in [4.78, 5) is 11.5. The Balaban J connectivity index is 2.25. The summed E-state index contributed by atoms with van der Waals surface area (Å²) in [5.41, 5.74) is 1.46. The largest absolute Gasteiger partial charge is 0.480 e. The Morgan fingerprint density at radius 1 is 1.10 bits per heavy atom. The molecule has 5 heteroatoms. The Morgan fingerprint density at radius 2 is 1.76 bits per heavy atom. The predicted octanol–water partition coefficient (Wildman–Crippen LogP) is 4.47. The van der Waals surface area contributed by atoms with Crippen molar-refractivity contribution in [3.05, 3.63) is 69.7 Å². The van der Waals surface area contributed by atoms with Crippen molar-refractivity contribution in [2.75, 3.05) is 0 Å². The standard InChI is InChI=1S/C16H15Cl2NO2/c1-10(12-8-5-9-13(17)14(12)18)19-15(16(20)21)11-6-3-2-4-7-11/h2-10,15,19H,1H3,(H,20,21). The lowest BCUT2D eigenvalue weighted by molar-refractivity contribution is -0.139. The molecule has 0 aliphatic rings. The fourth-order valence-corrected chi connectivity index (χ4v) is 2.62. The monoisotopic (exact) mass is 323 g/mol. The number of carboxylic acids is 1. The van der Waals surface area contributed by atoms with E-state index in [1.807, 2.05) is 31.2 Å². The van der Waals surface area contributed by atoms with Gasteiger partial charge in [-0.05, 0) is 24.1 Å². The molecule has 3 nitrogen and oxygen atoms in total. The smallest absolute Gasteiger partial charge is 0.325 e. The molecule has 0 aromatic heterocycles. The topological polar surface area (TPSA) is 49.3 Å². The summed E-state index contributed by atoms with van der Waals surface area (Å²) < 4.78 is 0. The average Bonchev–Trinajstić information content (AvgIpc) is 2.48. The van der Waals surface area contributed by atoms with Crippen LogP contribution in [0.1, 0.15) is 30.1 Å². The molecule has 0 aliphatic carbocycles. The molecule has 0 saturated heterocycles. The van der Waals surface area contributed by atoms with Gasteiger partial charge in [0.15, 0.2) is 0 Å². The minimum absolute atomic E-state index is 0.252. The molecular formula is C16H15Cl2NO2. The van der Waals surface area contributed by atoms with Crippen LogP contribution < -0.4 is 5.32 Å². The first kappa shape index (κ1) is 15.8. The zero-order valence-electron chi connectivity index (χ0n) is 11.4. The van der Waals surface area contributed by atoms with Crippen LogP contribution in [0.4, 0.5) is 0 Å². The Morgan fingerprint density at radius 3 is 2.38 bits per heavy atom. The molecule has 2 rings (SSSR count). The van der Waals surface area contributed by atoms with Crippen molar-refractivity contribution in [1.82, 2.24) is 5.32 Å². The van der Waals surface area contributed by atoms with Crippen LogP contribution in [0.2, 0.25) is 10.0 Å². The van der Waals surface area contributed by atoms with Crippen molar-refractivity contribution in [3.63, 3.8) is 0 Å². The number of nitrogens with one attached hydrogen (secondary N) is 1. The second-order valence-corrected chi connectivity index (χ2v) is 5.50. The fourth-order valence-electron chi connectivity index (χ4n) is 2.15. The Labute approximate surface area is 133 Å². The van der Waals surface area contributed by atoms with E-state index in [4.69, 9.17) is 23.2 Å². The molecular weight excluding hydrogens is 309 g/mol. The first-order valence-corrected chi connectivity index (χ1v) is 7.24. The highest BCUT2D eigenvalue weighted by Crippen LogP contribution is 2.31. The Kier molecular flexibility index (Phi) is 5.23. The van der Waals surface area contributed by atoms with Gasteiger partial charge in [0.05, 0.1) is 10.0 Å². The predicted molar refractivity (Wildman–Crippen MR) is 84.8 cm³/mol. The lowest BCUT2D eigenvalue weighted by Crippen LogP contribution is -2.30. The van der Waals surface area contributed by atoms with Crippen LogP contribution in [0, 0.1) is 0 Å². The zero-order valence-corrected chi connectivity index (χ0v) is 12.9. The van der Waals surface area contributed by atoms with E-state index in [1.54, 1.807) is 24.3 Å². The van der Waals surface area contributed by atoms with Crippen molar-refractivity contribution in [3.8, 4) is 0 Å². The molecule has 0 amide bonds. The van der Waals surface area contributed by atoms with E-state index in [-0.39, 0.29) is 6.04 Å². The van der Waals surface area contributed by atoms with E-state index in [1.165, 1.54) is 0 Å². The van der Waals surface area contributed by atoms with Gasteiger partial charge in [0.1, 0.15) is 6.04 Å². The Bertz CT molecular complexity index is 631. The molecule has 0 radical (unpaired) electrons. The van der Waals surface area contributed by atoms with Gasteiger partial charge in [-0.3, -0.25) is 10.1 Å². The second kappa shape index (κ2) is 6.94. The molecule has 2 unspecified atom stereocenters. The maximum Gasteiger partial charge on any atom is 0.325 e. The summed E-state index contributed by atoms with van der Waals surface area (Å²) in [6, 6.07) is 13.3. The van der Waals surface area contributed by atoms with Gasteiger partial charge in [0, 0.05) is 6.04 Å². The lowest BCUT2D eigenvalue weighted by atomic mass is 10.0. The third-order valence-electron chi connectivity index (χ3n) is 3.24. The number of aliphatic carboxylic acids is 1. The quantitative estimate of drug-likeness (QED) is 0.853. The van der Waals surface area contributed by atoms with E-state index >= 15 is 0 Å². The number of rotatable bonds is 5. The number of carboxylic acid groups (broad SMARTS) is 1. The van der Waals surface area contributed by atoms with Crippen LogP contribution in [-0.4, -0.2) is 11.1 Å². The van der Waals surface area contributed by atoms with Crippen molar-refractivity contribution < 1.29 is 9.90 Å². The van der Waals surface area contributed by atoms with Crippen LogP contribution in [0.25, 0.3) is 0 Å². The van der Waals surface area contributed by atoms with Crippen LogP contribution >= 0.6 is 23.2 Å². The van der Waals surface area contributed by atoms with Crippen molar-refractivity contribution in [2.24, 2.45) is 0 Å². The van der Waals surface area contributed by atoms with Crippen LogP contribution in [0.15, 0.2) is 48.5 Å². The van der Waals surface area contributed by atoms with E-state index in [0.29, 0.717) is 15.6 Å². The maximum atomic E-state index is 11.5. The van der Waals surface area contributed by atoms with Crippen LogP contribution in [0.5, 0.6) is 0 Å². The molecule has 110 valence electrons. The van der Waals surface area contributed by atoms with Gasteiger partial charge >= 0.3 is 5.97 Å². The first-order valence-electron chi connectivity index (χ1n) is 6.48. The number of hydrogen-bond acceptors (Lipinski definition) is 2. The van der Waals surface area contributed by atoms with Crippen molar-refractivity contribution in [2.45, 2.75) is 19.0 Å². The van der Waals surface area contributed by atoms with Gasteiger partial charge in [-0.1, -0.05) is 65.7 Å². The van der Waals surface area contributed by atoms with Gasteiger partial charge in [-0.25, -0.2) is 0 Å². The van der Waals surface area contributed by atoms with Gasteiger partial charge in [-0.15, -0.1) is 0 Å². The van der Waals surface area contributed by atoms with Crippen molar-refractivity contribution >= 4 is 29.2 Å². The van der Waals surface area contributed by atoms with Gasteiger partial charge < -0.3 is 5.11 Å². The third-order valence-corrected chi connectivity index (χ3v) is 4.08. The zero-order chi connectivity index (χ0) is 15.4. The minimum atomic E-state index is -0.939. The van der Waals surface area contributed by atoms with Gasteiger partial charge in [0.2, 0.25) is 0 Å². The van der Waals surface area contributed by atoms with Gasteiger partial charge in [-0.2, -0.15) is 0 Å². The van der Waals surface area contributed by atoms with E-state index in [0.717, 1.165) is 5.56 Å². The van der Waals surface area contributed by atoms with E-state index < -0.39 is 12.0 Å². The molecule has 2 atom stereocenters. The molecule has 21 heavy (non-hydrogen) atoms. The molecule has 0 spiro atoms. The summed E-state index contributed by atoms with van der Waals surface area (Å²) in [5, 5.41) is 13.4. The summed E-state index contributed by atoms with van der Waals surface area (Å²) >= 11 is 12.2. The van der Waals surface area contributed by atoms with E-state index in [9.17, 15) is 9.90 Å². The summed E-state index contributed by atoms with van der Waals surface area (Å²) in [6.07, 6.45) is 0. The fraction of sp³-hybridized carbons (Fsp3) is 0.188. The summed E-state index contributed by atoms with van der Waals surface area (Å²) in [5.74, 6) is -0.939. The van der Waals surface area contributed by atoms with Crippen LogP contribution in [-0.2, 0) is 4.79 Å². The van der Waals surface area contributed by atoms with Crippen molar-refractivity contribution in [1.29, 1.82) is 0 Å². The summed E-state index contributed by atoms with van der Waals surface area (Å²) in [7, 11) is 0. The third kappa shape index (κ3) is 3.76. The van der Waals surface area contributed by atoms with Gasteiger partial charge in [0.25, 0.3) is 0 Å². The Hall–Kier alpha value is -1.55.